The van der Waals surface area contributed by atoms with Crippen molar-refractivity contribution in [2.24, 2.45) is 5.10 Å². The molecule has 0 aromatic heterocycles. The van der Waals surface area contributed by atoms with Crippen LogP contribution in [0, 0.1) is 11.5 Å². The molecule has 1 atom stereocenters. The second-order valence-electron chi connectivity index (χ2n) is 8.80. The average molecular weight is 425 g/mol. The van der Waals surface area contributed by atoms with Crippen LogP contribution < -0.4 is 9.75 Å². The molecule has 4 rings (SSSR count). The standard InChI is InChI=1S/C27H28N2OSi/c1-30-25-12-8-9-23(19-25)27-20-26(28-29(27)24-10-6-5-7-11-24)22-15-13-21(14-16-22)17-18-31(2,3)4/h5-16,19,27H,20H2,1-4H3. The number of rotatable bonds is 4. The summed E-state index contributed by atoms with van der Waals surface area (Å²) in [6.45, 7) is 6.79. The van der Waals surface area contributed by atoms with Crippen LogP contribution in [0.3, 0.4) is 0 Å². The SMILES string of the molecule is COc1cccc(C2CC(c3ccc(C#C[Si](C)(C)C)cc3)=NN2c2ccccc2)c1. The van der Waals surface area contributed by atoms with Crippen LogP contribution in [0.15, 0.2) is 84.0 Å². The fourth-order valence-electron chi connectivity index (χ4n) is 3.62. The van der Waals surface area contributed by atoms with Crippen LogP contribution in [-0.4, -0.2) is 20.9 Å². The van der Waals surface area contributed by atoms with Gasteiger partial charge in [0.05, 0.1) is 24.6 Å². The molecule has 0 saturated heterocycles. The van der Waals surface area contributed by atoms with Gasteiger partial charge >= 0.3 is 0 Å². The Kier molecular flexibility index (Phi) is 5.97. The number of anilines is 1. The number of benzene rings is 3. The third kappa shape index (κ3) is 5.07. The summed E-state index contributed by atoms with van der Waals surface area (Å²) < 4.78 is 5.46. The first-order chi connectivity index (χ1) is 14.9. The van der Waals surface area contributed by atoms with Gasteiger partial charge in [0.15, 0.2) is 0 Å². The molecule has 31 heavy (non-hydrogen) atoms. The zero-order valence-electron chi connectivity index (χ0n) is 18.6. The summed E-state index contributed by atoms with van der Waals surface area (Å²) in [5.74, 6) is 4.20. The van der Waals surface area contributed by atoms with Gasteiger partial charge in [0.25, 0.3) is 0 Å². The predicted molar refractivity (Wildman–Crippen MR) is 132 cm³/mol. The number of hydrogen-bond donors (Lipinski definition) is 0. The molecule has 1 heterocycles. The maximum absolute atomic E-state index is 5.46. The third-order valence-electron chi connectivity index (χ3n) is 5.21. The van der Waals surface area contributed by atoms with Crippen LogP contribution >= 0.6 is 0 Å². The van der Waals surface area contributed by atoms with E-state index in [9.17, 15) is 0 Å². The van der Waals surface area contributed by atoms with Crippen LogP contribution in [0.25, 0.3) is 0 Å². The van der Waals surface area contributed by atoms with Crippen LogP contribution in [0.5, 0.6) is 5.75 Å². The van der Waals surface area contributed by atoms with E-state index >= 15 is 0 Å². The van der Waals surface area contributed by atoms with Gasteiger partial charge in [-0.05, 0) is 47.5 Å². The Labute approximate surface area is 186 Å². The first kappa shape index (κ1) is 21.0. The van der Waals surface area contributed by atoms with E-state index in [-0.39, 0.29) is 6.04 Å². The lowest BCUT2D eigenvalue weighted by Crippen LogP contribution is -2.18. The summed E-state index contributed by atoms with van der Waals surface area (Å²) in [5, 5.41) is 7.16. The molecular weight excluding hydrogens is 396 g/mol. The summed E-state index contributed by atoms with van der Waals surface area (Å²) in [6.07, 6.45) is 0.835. The Morgan fingerprint density at radius 2 is 1.68 bits per heavy atom. The molecule has 0 fully saturated rings. The molecule has 0 saturated carbocycles. The Morgan fingerprint density at radius 3 is 2.35 bits per heavy atom. The third-order valence-corrected chi connectivity index (χ3v) is 6.08. The van der Waals surface area contributed by atoms with Gasteiger partial charge in [-0.2, -0.15) is 5.10 Å². The van der Waals surface area contributed by atoms with Crippen molar-refractivity contribution in [1.29, 1.82) is 0 Å². The first-order valence-corrected chi connectivity index (χ1v) is 14.1. The van der Waals surface area contributed by atoms with Crippen molar-refractivity contribution in [3.05, 3.63) is 95.6 Å². The quantitative estimate of drug-likeness (QED) is 0.364. The van der Waals surface area contributed by atoms with Gasteiger partial charge in [-0.15, -0.1) is 5.54 Å². The molecule has 1 aliphatic rings. The van der Waals surface area contributed by atoms with Crippen molar-refractivity contribution in [2.75, 3.05) is 12.1 Å². The van der Waals surface area contributed by atoms with E-state index in [1.807, 2.05) is 18.2 Å². The van der Waals surface area contributed by atoms with Crippen LogP contribution in [0.2, 0.25) is 19.6 Å². The lowest BCUT2D eigenvalue weighted by atomic mass is 9.97. The second-order valence-corrected chi connectivity index (χ2v) is 13.6. The predicted octanol–water partition coefficient (Wildman–Crippen LogP) is 6.28. The van der Waals surface area contributed by atoms with Crippen molar-refractivity contribution in [3.63, 3.8) is 0 Å². The minimum Gasteiger partial charge on any atom is -0.497 e. The van der Waals surface area contributed by atoms with Crippen molar-refractivity contribution >= 4 is 19.5 Å². The molecular formula is C27H28N2OSi. The normalized spacial score (nSPS) is 15.8. The van der Waals surface area contributed by atoms with Crippen LogP contribution in [-0.2, 0) is 0 Å². The molecule has 0 spiro atoms. The van der Waals surface area contributed by atoms with E-state index in [1.54, 1.807) is 7.11 Å². The maximum Gasteiger partial charge on any atom is 0.129 e. The fraction of sp³-hybridized carbons (Fsp3) is 0.222. The Hall–Kier alpha value is -3.29. The van der Waals surface area contributed by atoms with Gasteiger partial charge in [-0.3, -0.25) is 5.01 Å². The highest BCUT2D eigenvalue weighted by Gasteiger charge is 2.30. The minimum atomic E-state index is -1.38. The van der Waals surface area contributed by atoms with Gasteiger partial charge < -0.3 is 4.74 Å². The first-order valence-electron chi connectivity index (χ1n) is 10.6. The average Bonchev–Trinajstić information content (AvgIpc) is 3.24. The Morgan fingerprint density at radius 1 is 0.935 bits per heavy atom. The maximum atomic E-state index is 5.46. The van der Waals surface area contributed by atoms with Gasteiger partial charge in [-0.1, -0.05) is 68.0 Å². The molecule has 0 radical (unpaired) electrons. The second kappa shape index (κ2) is 8.83. The highest BCUT2D eigenvalue weighted by atomic mass is 28.3. The van der Waals surface area contributed by atoms with Crippen LogP contribution in [0.4, 0.5) is 5.69 Å². The highest BCUT2D eigenvalue weighted by molar-refractivity contribution is 6.83. The van der Waals surface area contributed by atoms with Crippen molar-refractivity contribution in [2.45, 2.75) is 32.1 Å². The molecule has 0 bridgehead atoms. The van der Waals surface area contributed by atoms with E-state index in [4.69, 9.17) is 9.84 Å². The highest BCUT2D eigenvalue weighted by Crippen LogP contribution is 2.37. The smallest absolute Gasteiger partial charge is 0.129 e. The summed E-state index contributed by atoms with van der Waals surface area (Å²) in [6, 6.07) is 27.3. The van der Waals surface area contributed by atoms with E-state index in [2.05, 4.69) is 96.8 Å². The fourth-order valence-corrected chi connectivity index (χ4v) is 4.14. The summed E-state index contributed by atoms with van der Waals surface area (Å²) >= 11 is 0. The van der Waals surface area contributed by atoms with E-state index < -0.39 is 8.07 Å². The summed E-state index contributed by atoms with van der Waals surface area (Å²) in [7, 11) is 0.324. The number of nitrogens with zero attached hydrogens (tertiary/aromatic N) is 2. The zero-order valence-corrected chi connectivity index (χ0v) is 19.6. The lowest BCUT2D eigenvalue weighted by molar-refractivity contribution is 0.414. The number of para-hydroxylation sites is 1. The monoisotopic (exact) mass is 424 g/mol. The number of hydrazone groups is 1. The van der Waals surface area contributed by atoms with E-state index in [0.29, 0.717) is 0 Å². The topological polar surface area (TPSA) is 24.8 Å². The summed E-state index contributed by atoms with van der Waals surface area (Å²) in [4.78, 5) is 0. The molecule has 0 N–H and O–H groups in total. The number of methoxy groups -OCH3 is 1. The molecule has 1 aliphatic heterocycles. The molecule has 3 nitrogen and oxygen atoms in total. The minimum absolute atomic E-state index is 0.124. The van der Waals surface area contributed by atoms with Gasteiger partial charge in [-0.25, -0.2) is 0 Å². The molecule has 0 amide bonds. The number of ether oxygens (including phenoxy) is 1. The zero-order chi connectivity index (χ0) is 21.8. The molecule has 4 heteroatoms. The van der Waals surface area contributed by atoms with Crippen molar-refractivity contribution in [1.82, 2.24) is 0 Å². The van der Waals surface area contributed by atoms with Crippen molar-refractivity contribution < 1.29 is 4.74 Å². The molecule has 0 aliphatic carbocycles. The molecule has 156 valence electrons. The van der Waals surface area contributed by atoms with Gasteiger partial charge in [0, 0.05) is 12.0 Å². The Bertz CT molecular complexity index is 1140. The summed E-state index contributed by atoms with van der Waals surface area (Å²) in [5.41, 5.74) is 9.01. The van der Waals surface area contributed by atoms with Gasteiger partial charge in [0.2, 0.25) is 0 Å². The number of hydrogen-bond acceptors (Lipinski definition) is 3. The molecule has 3 aromatic rings. The van der Waals surface area contributed by atoms with Gasteiger partial charge in [0.1, 0.15) is 13.8 Å². The van der Waals surface area contributed by atoms with E-state index in [0.717, 1.165) is 34.7 Å². The van der Waals surface area contributed by atoms with Crippen LogP contribution in [0.1, 0.15) is 29.2 Å². The van der Waals surface area contributed by atoms with E-state index in [1.165, 1.54) is 5.56 Å². The Balaban J connectivity index is 1.66. The molecule has 3 aromatic carbocycles. The molecule has 1 unspecified atom stereocenters. The lowest BCUT2D eigenvalue weighted by Gasteiger charge is -2.24. The van der Waals surface area contributed by atoms with Crippen molar-refractivity contribution in [3.8, 4) is 17.2 Å². The largest absolute Gasteiger partial charge is 0.497 e.